The molecule has 1 N–H and O–H groups in total. The third kappa shape index (κ3) is 4.34. The van der Waals surface area contributed by atoms with Crippen molar-refractivity contribution in [1.82, 2.24) is 5.32 Å². The van der Waals surface area contributed by atoms with Gasteiger partial charge in [-0.3, -0.25) is 9.59 Å². The third-order valence-corrected chi connectivity index (χ3v) is 4.10. The molecule has 1 unspecified atom stereocenters. The molecule has 0 bridgehead atoms. The van der Waals surface area contributed by atoms with Crippen LogP contribution in [-0.4, -0.2) is 38.0 Å². The summed E-state index contributed by atoms with van der Waals surface area (Å²) < 4.78 is 4.70. The highest BCUT2D eigenvalue weighted by atomic mass is 16.5. The molecule has 1 fully saturated rings. The number of carbonyl (C=O) groups is 3. The molecule has 24 heavy (non-hydrogen) atoms. The normalized spacial score (nSPS) is 17.2. The largest absolute Gasteiger partial charge is 0.465 e. The van der Waals surface area contributed by atoms with Crippen LogP contribution in [0.3, 0.4) is 0 Å². The topological polar surface area (TPSA) is 75.7 Å². The van der Waals surface area contributed by atoms with Crippen LogP contribution in [0.15, 0.2) is 24.3 Å². The van der Waals surface area contributed by atoms with Crippen molar-refractivity contribution in [2.45, 2.75) is 26.7 Å². The van der Waals surface area contributed by atoms with Gasteiger partial charge in [0, 0.05) is 25.2 Å². The Balaban J connectivity index is 2.02. The van der Waals surface area contributed by atoms with Crippen LogP contribution < -0.4 is 10.2 Å². The number of nitrogens with zero attached hydrogens (tertiary/aromatic N) is 1. The molecule has 0 aromatic heterocycles. The van der Waals surface area contributed by atoms with Crippen LogP contribution in [0.4, 0.5) is 5.69 Å². The van der Waals surface area contributed by atoms with Crippen molar-refractivity contribution in [3.63, 3.8) is 0 Å². The Hall–Kier alpha value is -2.37. The van der Waals surface area contributed by atoms with E-state index >= 15 is 0 Å². The molecule has 1 saturated heterocycles. The lowest BCUT2D eigenvalue weighted by molar-refractivity contribution is -0.126. The second-order valence-corrected chi connectivity index (χ2v) is 6.42. The average Bonchev–Trinajstić information content (AvgIpc) is 2.95. The van der Waals surface area contributed by atoms with Gasteiger partial charge in [-0.15, -0.1) is 0 Å². The Labute approximate surface area is 142 Å². The number of hydrogen-bond donors (Lipinski definition) is 1. The standard InChI is InChI=1S/C18H24N2O4/c1-12(2)7-8-19-17(22)14-10-16(21)20(11-14)15-6-4-5-13(9-15)18(23)24-3/h4-6,9,12,14H,7-8,10-11H2,1-3H3,(H,19,22). The summed E-state index contributed by atoms with van der Waals surface area (Å²) in [4.78, 5) is 37.6. The highest BCUT2D eigenvalue weighted by Gasteiger charge is 2.35. The molecule has 1 aromatic carbocycles. The van der Waals surface area contributed by atoms with Crippen LogP contribution in [-0.2, 0) is 14.3 Å². The Morgan fingerprint density at radius 2 is 2.12 bits per heavy atom. The molecular formula is C18H24N2O4. The SMILES string of the molecule is COC(=O)c1cccc(N2CC(C(=O)NCCC(C)C)CC2=O)c1. The number of anilines is 1. The fourth-order valence-electron chi connectivity index (χ4n) is 2.68. The van der Waals surface area contributed by atoms with Gasteiger partial charge in [0.25, 0.3) is 0 Å². The Morgan fingerprint density at radius 3 is 2.79 bits per heavy atom. The molecule has 6 nitrogen and oxygen atoms in total. The van der Waals surface area contributed by atoms with Crippen molar-refractivity contribution in [2.75, 3.05) is 25.1 Å². The zero-order valence-corrected chi connectivity index (χ0v) is 14.4. The van der Waals surface area contributed by atoms with Gasteiger partial charge in [-0.1, -0.05) is 19.9 Å². The maximum absolute atomic E-state index is 12.3. The lowest BCUT2D eigenvalue weighted by Crippen LogP contribution is -2.33. The van der Waals surface area contributed by atoms with Crippen LogP contribution in [0.5, 0.6) is 0 Å². The van der Waals surface area contributed by atoms with E-state index in [1.54, 1.807) is 29.2 Å². The van der Waals surface area contributed by atoms with Crippen molar-refractivity contribution in [3.8, 4) is 0 Å². The van der Waals surface area contributed by atoms with E-state index in [0.717, 1.165) is 6.42 Å². The number of esters is 1. The number of hydrogen-bond acceptors (Lipinski definition) is 4. The Kier molecular flexibility index (Phi) is 5.95. The summed E-state index contributed by atoms with van der Waals surface area (Å²) >= 11 is 0. The molecule has 0 aliphatic carbocycles. The maximum atomic E-state index is 12.3. The molecule has 130 valence electrons. The van der Waals surface area contributed by atoms with Crippen LogP contribution in [0.25, 0.3) is 0 Å². The highest BCUT2D eigenvalue weighted by Crippen LogP contribution is 2.26. The second-order valence-electron chi connectivity index (χ2n) is 6.42. The van der Waals surface area contributed by atoms with E-state index in [4.69, 9.17) is 4.74 Å². The molecule has 1 aliphatic heterocycles. The van der Waals surface area contributed by atoms with Gasteiger partial charge in [0.15, 0.2) is 0 Å². The minimum Gasteiger partial charge on any atom is -0.465 e. The molecular weight excluding hydrogens is 308 g/mol. The average molecular weight is 332 g/mol. The van der Waals surface area contributed by atoms with Crippen LogP contribution >= 0.6 is 0 Å². The van der Waals surface area contributed by atoms with E-state index in [-0.39, 0.29) is 24.2 Å². The molecule has 0 saturated carbocycles. The first kappa shape index (κ1) is 18.0. The first-order chi connectivity index (χ1) is 11.4. The van der Waals surface area contributed by atoms with Gasteiger partial charge in [0.05, 0.1) is 18.6 Å². The number of amides is 2. The summed E-state index contributed by atoms with van der Waals surface area (Å²) in [6.45, 7) is 5.15. The summed E-state index contributed by atoms with van der Waals surface area (Å²) in [5.74, 6) is -0.484. The molecule has 0 radical (unpaired) electrons. The number of nitrogens with one attached hydrogen (secondary N) is 1. The molecule has 1 heterocycles. The molecule has 1 aliphatic rings. The van der Waals surface area contributed by atoms with Gasteiger partial charge in [0.1, 0.15) is 0 Å². The zero-order chi connectivity index (χ0) is 17.7. The van der Waals surface area contributed by atoms with Crippen molar-refractivity contribution in [3.05, 3.63) is 29.8 Å². The summed E-state index contributed by atoms with van der Waals surface area (Å²) in [6, 6.07) is 6.70. The minimum absolute atomic E-state index is 0.0874. The fraction of sp³-hybridized carbons (Fsp3) is 0.500. The number of methoxy groups -OCH3 is 1. The monoisotopic (exact) mass is 332 g/mol. The molecule has 2 rings (SSSR count). The van der Waals surface area contributed by atoms with Crippen molar-refractivity contribution in [1.29, 1.82) is 0 Å². The molecule has 2 amide bonds. The van der Waals surface area contributed by atoms with E-state index in [9.17, 15) is 14.4 Å². The van der Waals surface area contributed by atoms with Gasteiger partial charge >= 0.3 is 5.97 Å². The Bertz CT molecular complexity index is 627. The third-order valence-electron chi connectivity index (χ3n) is 4.10. The van der Waals surface area contributed by atoms with E-state index in [1.165, 1.54) is 7.11 Å². The summed E-state index contributed by atoms with van der Waals surface area (Å²) in [5.41, 5.74) is 0.994. The van der Waals surface area contributed by atoms with Crippen LogP contribution in [0.2, 0.25) is 0 Å². The van der Waals surface area contributed by atoms with Gasteiger partial charge in [-0.05, 0) is 30.5 Å². The van der Waals surface area contributed by atoms with E-state index in [2.05, 4.69) is 19.2 Å². The first-order valence-corrected chi connectivity index (χ1v) is 8.18. The van der Waals surface area contributed by atoms with Gasteiger partial charge in [-0.25, -0.2) is 4.79 Å². The van der Waals surface area contributed by atoms with Gasteiger partial charge in [0.2, 0.25) is 11.8 Å². The molecule has 1 atom stereocenters. The van der Waals surface area contributed by atoms with Gasteiger partial charge < -0.3 is 15.0 Å². The number of carbonyl (C=O) groups excluding carboxylic acids is 3. The minimum atomic E-state index is -0.452. The predicted molar refractivity (Wildman–Crippen MR) is 90.7 cm³/mol. The van der Waals surface area contributed by atoms with Gasteiger partial charge in [-0.2, -0.15) is 0 Å². The lowest BCUT2D eigenvalue weighted by atomic mass is 10.1. The molecule has 0 spiro atoms. The van der Waals surface area contributed by atoms with Crippen LogP contribution in [0.1, 0.15) is 37.0 Å². The summed E-state index contributed by atoms with van der Waals surface area (Å²) in [5, 5.41) is 2.90. The summed E-state index contributed by atoms with van der Waals surface area (Å²) in [7, 11) is 1.31. The number of benzene rings is 1. The van der Waals surface area contributed by atoms with E-state index in [1.807, 2.05) is 0 Å². The molecule has 1 aromatic rings. The lowest BCUT2D eigenvalue weighted by Gasteiger charge is -2.17. The number of rotatable bonds is 6. The fourth-order valence-corrected chi connectivity index (χ4v) is 2.68. The number of ether oxygens (including phenoxy) is 1. The quantitative estimate of drug-likeness (QED) is 0.808. The first-order valence-electron chi connectivity index (χ1n) is 8.18. The van der Waals surface area contributed by atoms with E-state index < -0.39 is 5.97 Å². The second kappa shape index (κ2) is 7.95. The van der Waals surface area contributed by atoms with Crippen molar-refractivity contribution < 1.29 is 19.1 Å². The highest BCUT2D eigenvalue weighted by molar-refractivity contribution is 6.01. The maximum Gasteiger partial charge on any atom is 0.337 e. The zero-order valence-electron chi connectivity index (χ0n) is 14.4. The van der Waals surface area contributed by atoms with Crippen molar-refractivity contribution >= 4 is 23.5 Å². The predicted octanol–water partition coefficient (Wildman–Crippen LogP) is 1.99. The van der Waals surface area contributed by atoms with Crippen molar-refractivity contribution in [2.24, 2.45) is 11.8 Å². The Morgan fingerprint density at radius 1 is 1.38 bits per heavy atom. The van der Waals surface area contributed by atoms with E-state index in [0.29, 0.717) is 30.3 Å². The molecule has 6 heteroatoms. The smallest absolute Gasteiger partial charge is 0.337 e. The van der Waals surface area contributed by atoms with Crippen LogP contribution in [0, 0.1) is 11.8 Å². The summed E-state index contributed by atoms with van der Waals surface area (Å²) in [6.07, 6.45) is 1.10.